The Labute approximate surface area is 108 Å². The fourth-order valence-corrected chi connectivity index (χ4v) is 2.03. The minimum absolute atomic E-state index is 0.139. The third-order valence-corrected chi connectivity index (χ3v) is 3.06. The average molecular weight is 264 g/mol. The largest absolute Gasteiger partial charge is 0.495 e. The topological polar surface area (TPSA) is 105 Å². The number of carboxylic acid groups (broad SMARTS) is 1. The summed E-state index contributed by atoms with van der Waals surface area (Å²) >= 11 is 0. The number of carbonyl (C=O) groups is 1. The number of aliphatic carboxylic acids is 1. The van der Waals surface area contributed by atoms with E-state index in [0.717, 1.165) is 0 Å². The van der Waals surface area contributed by atoms with Crippen LogP contribution in [0.2, 0.25) is 0 Å². The predicted octanol–water partition coefficient (Wildman–Crippen LogP) is 2.27. The summed E-state index contributed by atoms with van der Waals surface area (Å²) in [5.41, 5.74) is 0.660. The highest BCUT2D eigenvalue weighted by Gasteiger charge is 2.25. The first-order valence-electron chi connectivity index (χ1n) is 5.52. The summed E-state index contributed by atoms with van der Waals surface area (Å²) in [4.78, 5) is 24.4. The van der Waals surface area contributed by atoms with Crippen molar-refractivity contribution in [1.82, 2.24) is 4.98 Å². The molecule has 0 aliphatic heterocycles. The van der Waals surface area contributed by atoms with Gasteiger partial charge in [0.15, 0.2) is 0 Å². The molecule has 0 radical (unpaired) electrons. The van der Waals surface area contributed by atoms with Crippen molar-refractivity contribution >= 4 is 22.6 Å². The summed E-state index contributed by atoms with van der Waals surface area (Å²) < 4.78 is 5.11. The molecule has 0 spiro atoms. The number of methoxy groups -OCH3 is 1. The van der Waals surface area contributed by atoms with Gasteiger partial charge in [0.2, 0.25) is 0 Å². The Kier molecular flexibility index (Phi) is 3.12. The quantitative estimate of drug-likeness (QED) is 0.650. The Bertz CT molecular complexity index is 661. The fraction of sp³-hybridized carbons (Fsp3) is 0.250. The summed E-state index contributed by atoms with van der Waals surface area (Å²) in [6, 6.07) is 2.79. The van der Waals surface area contributed by atoms with Crippen molar-refractivity contribution < 1.29 is 19.6 Å². The zero-order chi connectivity index (χ0) is 14.2. The van der Waals surface area contributed by atoms with E-state index in [-0.39, 0.29) is 11.1 Å². The van der Waals surface area contributed by atoms with E-state index in [9.17, 15) is 14.9 Å². The first kappa shape index (κ1) is 12.9. The molecule has 0 aliphatic rings. The molecule has 1 aromatic carbocycles. The van der Waals surface area contributed by atoms with Gasteiger partial charge in [-0.25, -0.2) is 0 Å². The van der Waals surface area contributed by atoms with Gasteiger partial charge in [0.25, 0.3) is 5.69 Å². The maximum atomic E-state index is 11.1. The zero-order valence-electron chi connectivity index (χ0n) is 10.3. The lowest BCUT2D eigenvalue weighted by Gasteiger charge is -2.06. The lowest BCUT2D eigenvalue weighted by atomic mass is 9.99. The number of nitrogens with zero attached hydrogens (tertiary/aromatic N) is 1. The Balaban J connectivity index is 2.80. The van der Waals surface area contributed by atoms with Crippen LogP contribution in [0.4, 0.5) is 5.69 Å². The fourth-order valence-electron chi connectivity index (χ4n) is 2.03. The maximum Gasteiger partial charge on any atom is 0.310 e. The van der Waals surface area contributed by atoms with Crippen LogP contribution < -0.4 is 4.74 Å². The van der Waals surface area contributed by atoms with Crippen molar-refractivity contribution in [2.45, 2.75) is 12.8 Å². The highest BCUT2D eigenvalue weighted by atomic mass is 16.6. The Hall–Kier alpha value is -2.57. The molecular formula is C12H12N2O5. The van der Waals surface area contributed by atoms with Crippen molar-refractivity contribution in [3.05, 3.63) is 34.0 Å². The summed E-state index contributed by atoms with van der Waals surface area (Å²) in [6.07, 6.45) is 1.47. The van der Waals surface area contributed by atoms with Crippen LogP contribution in [0.15, 0.2) is 18.3 Å². The van der Waals surface area contributed by atoms with Crippen molar-refractivity contribution in [3.8, 4) is 5.75 Å². The van der Waals surface area contributed by atoms with Gasteiger partial charge in [-0.1, -0.05) is 0 Å². The molecule has 0 aliphatic carbocycles. The number of nitro benzene ring substituents is 1. The predicted molar refractivity (Wildman–Crippen MR) is 67.6 cm³/mol. The molecule has 0 amide bonds. The summed E-state index contributed by atoms with van der Waals surface area (Å²) in [5.74, 6) is -1.46. The SMILES string of the molecule is COc1ccc([N+](=O)[O-])c2c(C(C)C(=O)O)c[nH]c12. The third-order valence-electron chi connectivity index (χ3n) is 3.06. The highest BCUT2D eigenvalue weighted by Crippen LogP contribution is 2.37. The van der Waals surface area contributed by atoms with Gasteiger partial charge in [0.05, 0.1) is 28.9 Å². The van der Waals surface area contributed by atoms with Crippen LogP contribution in [-0.2, 0) is 4.79 Å². The molecule has 1 unspecified atom stereocenters. The van der Waals surface area contributed by atoms with E-state index in [1.807, 2.05) is 0 Å². The second kappa shape index (κ2) is 4.60. The third kappa shape index (κ3) is 1.99. The van der Waals surface area contributed by atoms with E-state index < -0.39 is 16.8 Å². The van der Waals surface area contributed by atoms with E-state index in [0.29, 0.717) is 16.8 Å². The molecule has 0 bridgehead atoms. The zero-order valence-corrected chi connectivity index (χ0v) is 10.3. The van der Waals surface area contributed by atoms with Crippen LogP contribution in [0, 0.1) is 10.1 Å². The van der Waals surface area contributed by atoms with Gasteiger partial charge in [0.1, 0.15) is 5.75 Å². The van der Waals surface area contributed by atoms with E-state index >= 15 is 0 Å². The lowest BCUT2D eigenvalue weighted by Crippen LogP contribution is -2.07. The van der Waals surface area contributed by atoms with Crippen LogP contribution >= 0.6 is 0 Å². The molecule has 19 heavy (non-hydrogen) atoms. The number of rotatable bonds is 4. The Morgan fingerprint density at radius 2 is 2.21 bits per heavy atom. The summed E-state index contributed by atoms with van der Waals surface area (Å²) in [7, 11) is 1.45. The van der Waals surface area contributed by atoms with Crippen molar-refractivity contribution in [2.75, 3.05) is 7.11 Å². The highest BCUT2D eigenvalue weighted by molar-refractivity contribution is 5.98. The first-order chi connectivity index (χ1) is 8.97. The van der Waals surface area contributed by atoms with Crippen molar-refractivity contribution in [1.29, 1.82) is 0 Å². The van der Waals surface area contributed by atoms with Gasteiger partial charge < -0.3 is 14.8 Å². The van der Waals surface area contributed by atoms with Crippen LogP contribution in [0.1, 0.15) is 18.4 Å². The molecule has 0 saturated heterocycles. The molecule has 0 fully saturated rings. The summed E-state index contributed by atoms with van der Waals surface area (Å²) in [6.45, 7) is 1.48. The standard InChI is InChI=1S/C12H12N2O5/c1-6(12(15)16)7-5-13-11-9(19-2)4-3-8(10(7)11)14(17)18/h3-6,13H,1-2H3,(H,15,16). The smallest absolute Gasteiger partial charge is 0.310 e. The van der Waals surface area contributed by atoms with Gasteiger partial charge in [-0.2, -0.15) is 0 Å². The number of ether oxygens (including phenoxy) is 1. The van der Waals surface area contributed by atoms with Crippen LogP contribution in [0.5, 0.6) is 5.75 Å². The number of hydrogen-bond acceptors (Lipinski definition) is 4. The van der Waals surface area contributed by atoms with Gasteiger partial charge in [-0.3, -0.25) is 14.9 Å². The van der Waals surface area contributed by atoms with Crippen molar-refractivity contribution in [3.63, 3.8) is 0 Å². The number of hydrogen-bond donors (Lipinski definition) is 2. The molecular weight excluding hydrogens is 252 g/mol. The monoisotopic (exact) mass is 264 g/mol. The molecule has 7 heteroatoms. The number of aromatic nitrogens is 1. The molecule has 100 valence electrons. The first-order valence-corrected chi connectivity index (χ1v) is 5.52. The molecule has 2 aromatic rings. The number of non-ortho nitro benzene ring substituents is 1. The average Bonchev–Trinajstić information content (AvgIpc) is 2.80. The number of aromatic amines is 1. The van der Waals surface area contributed by atoms with Gasteiger partial charge in [-0.15, -0.1) is 0 Å². The number of nitrogens with one attached hydrogen (secondary N) is 1. The second-order valence-corrected chi connectivity index (χ2v) is 4.10. The minimum atomic E-state index is -1.04. The Morgan fingerprint density at radius 3 is 2.74 bits per heavy atom. The van der Waals surface area contributed by atoms with Gasteiger partial charge in [-0.05, 0) is 18.6 Å². The van der Waals surface area contributed by atoms with Gasteiger partial charge in [0, 0.05) is 12.3 Å². The van der Waals surface area contributed by atoms with Crippen LogP contribution in [-0.4, -0.2) is 28.1 Å². The van der Waals surface area contributed by atoms with E-state index in [1.54, 1.807) is 0 Å². The number of nitro groups is 1. The minimum Gasteiger partial charge on any atom is -0.495 e. The maximum absolute atomic E-state index is 11.1. The lowest BCUT2D eigenvalue weighted by molar-refractivity contribution is -0.383. The number of carboxylic acids is 1. The number of benzene rings is 1. The number of H-pyrrole nitrogens is 1. The molecule has 7 nitrogen and oxygen atoms in total. The van der Waals surface area contributed by atoms with Gasteiger partial charge >= 0.3 is 5.97 Å². The van der Waals surface area contributed by atoms with Crippen molar-refractivity contribution in [2.24, 2.45) is 0 Å². The van der Waals surface area contributed by atoms with E-state index in [2.05, 4.69) is 4.98 Å². The molecule has 0 saturated carbocycles. The summed E-state index contributed by atoms with van der Waals surface area (Å²) in [5, 5.41) is 20.4. The molecule has 1 heterocycles. The van der Waals surface area contributed by atoms with E-state index in [4.69, 9.17) is 9.84 Å². The Morgan fingerprint density at radius 1 is 1.53 bits per heavy atom. The second-order valence-electron chi connectivity index (χ2n) is 4.10. The number of fused-ring (bicyclic) bond motifs is 1. The van der Waals surface area contributed by atoms with E-state index in [1.165, 1.54) is 32.4 Å². The normalized spacial score (nSPS) is 12.3. The van der Waals surface area contributed by atoms with Crippen LogP contribution in [0.3, 0.4) is 0 Å². The molecule has 2 N–H and O–H groups in total. The molecule has 1 aromatic heterocycles. The molecule has 1 atom stereocenters. The van der Waals surface area contributed by atoms with Crippen LogP contribution in [0.25, 0.3) is 10.9 Å². The molecule has 2 rings (SSSR count).